The number of carbonyl (C=O) groups excluding carboxylic acids is 1. The summed E-state index contributed by atoms with van der Waals surface area (Å²) in [7, 11) is 0. The molecular formula is C23H18ClN3O3S. The number of aromatic hydroxyl groups is 1. The van der Waals surface area contributed by atoms with Crippen molar-refractivity contribution in [1.82, 2.24) is 10.3 Å². The van der Waals surface area contributed by atoms with Crippen LogP contribution in [0.4, 0.5) is 5.69 Å². The maximum atomic E-state index is 12.4. The molecule has 0 radical (unpaired) electrons. The lowest BCUT2D eigenvalue weighted by molar-refractivity contribution is 0.0977. The average molecular weight is 452 g/mol. The summed E-state index contributed by atoms with van der Waals surface area (Å²) in [6, 6.07) is 17.2. The van der Waals surface area contributed by atoms with E-state index in [-0.39, 0.29) is 22.7 Å². The number of phenols is 1. The van der Waals surface area contributed by atoms with Crippen molar-refractivity contribution in [2.45, 2.75) is 13.3 Å². The van der Waals surface area contributed by atoms with E-state index in [9.17, 15) is 9.90 Å². The van der Waals surface area contributed by atoms with Crippen molar-refractivity contribution in [1.29, 1.82) is 0 Å². The second-order valence-corrected chi connectivity index (χ2v) is 7.67. The predicted octanol–water partition coefficient (Wildman–Crippen LogP) is 5.54. The number of nitrogens with one attached hydrogen (secondary N) is 2. The molecule has 1 heterocycles. The van der Waals surface area contributed by atoms with Gasteiger partial charge in [0.25, 0.3) is 5.91 Å². The Morgan fingerprint density at radius 2 is 1.90 bits per heavy atom. The Labute approximate surface area is 188 Å². The lowest BCUT2D eigenvalue weighted by Crippen LogP contribution is -2.34. The number of hydrogen-bond acceptors (Lipinski definition) is 5. The number of hydrogen-bond donors (Lipinski definition) is 3. The first kappa shape index (κ1) is 20.8. The molecule has 4 rings (SSSR count). The number of benzene rings is 3. The Morgan fingerprint density at radius 1 is 1.13 bits per heavy atom. The molecule has 0 aliphatic carbocycles. The molecule has 0 bridgehead atoms. The molecule has 3 N–H and O–H groups in total. The Morgan fingerprint density at radius 3 is 2.65 bits per heavy atom. The number of amides is 1. The number of oxazole rings is 1. The van der Waals surface area contributed by atoms with Gasteiger partial charge in [0, 0.05) is 16.3 Å². The highest BCUT2D eigenvalue weighted by Gasteiger charge is 2.15. The Balaban J connectivity index is 1.50. The van der Waals surface area contributed by atoms with Crippen LogP contribution in [-0.4, -0.2) is 21.1 Å². The van der Waals surface area contributed by atoms with Crippen LogP contribution in [0.15, 0.2) is 65.1 Å². The van der Waals surface area contributed by atoms with Gasteiger partial charge < -0.3 is 14.8 Å². The predicted molar refractivity (Wildman–Crippen MR) is 126 cm³/mol. The minimum atomic E-state index is -0.310. The number of fused-ring (bicyclic) bond motifs is 1. The Hall–Kier alpha value is -3.42. The molecule has 1 aromatic heterocycles. The van der Waals surface area contributed by atoms with Gasteiger partial charge in [-0.1, -0.05) is 30.7 Å². The van der Waals surface area contributed by atoms with Crippen LogP contribution in [0.3, 0.4) is 0 Å². The molecular weight excluding hydrogens is 434 g/mol. The second kappa shape index (κ2) is 8.75. The molecule has 1 amide bonds. The maximum absolute atomic E-state index is 12.4. The normalized spacial score (nSPS) is 10.8. The van der Waals surface area contributed by atoms with E-state index in [1.54, 1.807) is 42.5 Å². The molecule has 0 aliphatic heterocycles. The third-order valence-corrected chi connectivity index (χ3v) is 5.13. The fourth-order valence-electron chi connectivity index (χ4n) is 3.03. The van der Waals surface area contributed by atoms with Crippen molar-refractivity contribution in [3.63, 3.8) is 0 Å². The topological polar surface area (TPSA) is 87.4 Å². The van der Waals surface area contributed by atoms with Crippen LogP contribution < -0.4 is 10.6 Å². The van der Waals surface area contributed by atoms with Gasteiger partial charge in [-0.05, 0) is 72.7 Å². The van der Waals surface area contributed by atoms with E-state index in [1.807, 2.05) is 12.1 Å². The summed E-state index contributed by atoms with van der Waals surface area (Å²) < 4.78 is 5.73. The Kier molecular flexibility index (Phi) is 5.88. The van der Waals surface area contributed by atoms with E-state index in [1.165, 1.54) is 6.07 Å². The van der Waals surface area contributed by atoms with Gasteiger partial charge in [-0.3, -0.25) is 10.1 Å². The molecule has 3 aromatic carbocycles. The average Bonchev–Trinajstić information content (AvgIpc) is 3.18. The number of aryl methyl sites for hydroxylation is 1. The highest BCUT2D eigenvalue weighted by atomic mass is 35.5. The molecule has 0 atom stereocenters. The van der Waals surface area contributed by atoms with Crippen molar-refractivity contribution >= 4 is 51.6 Å². The zero-order chi connectivity index (χ0) is 22.0. The van der Waals surface area contributed by atoms with E-state index in [0.29, 0.717) is 32.9 Å². The Bertz CT molecular complexity index is 1290. The summed E-state index contributed by atoms with van der Waals surface area (Å²) in [5.74, 6) is -0.0754. The molecule has 0 unspecified atom stereocenters. The highest BCUT2D eigenvalue weighted by Crippen LogP contribution is 2.33. The number of halogens is 1. The van der Waals surface area contributed by atoms with E-state index < -0.39 is 0 Å². The van der Waals surface area contributed by atoms with Crippen LogP contribution in [-0.2, 0) is 6.42 Å². The van der Waals surface area contributed by atoms with Gasteiger partial charge in [-0.15, -0.1) is 0 Å². The van der Waals surface area contributed by atoms with Crippen molar-refractivity contribution in [2.75, 3.05) is 5.32 Å². The molecule has 0 fully saturated rings. The molecule has 31 heavy (non-hydrogen) atoms. The van der Waals surface area contributed by atoms with E-state index in [0.717, 1.165) is 12.0 Å². The molecule has 6 nitrogen and oxygen atoms in total. The van der Waals surface area contributed by atoms with Crippen molar-refractivity contribution in [2.24, 2.45) is 0 Å². The number of nitrogens with zero attached hydrogens (tertiary/aromatic N) is 1. The zero-order valence-corrected chi connectivity index (χ0v) is 18.1. The van der Waals surface area contributed by atoms with Gasteiger partial charge in [-0.2, -0.15) is 0 Å². The van der Waals surface area contributed by atoms with Crippen LogP contribution in [0.25, 0.3) is 22.6 Å². The second-order valence-electron chi connectivity index (χ2n) is 6.82. The summed E-state index contributed by atoms with van der Waals surface area (Å²) >= 11 is 11.3. The summed E-state index contributed by atoms with van der Waals surface area (Å²) in [6.07, 6.45) is 0.901. The fraction of sp³-hybridized carbons (Fsp3) is 0.0870. The molecule has 0 aliphatic rings. The van der Waals surface area contributed by atoms with E-state index >= 15 is 0 Å². The van der Waals surface area contributed by atoms with Gasteiger partial charge in [0.2, 0.25) is 5.89 Å². The number of thiocarbonyl (C=S) groups is 1. The number of anilines is 1. The van der Waals surface area contributed by atoms with Crippen molar-refractivity contribution < 1.29 is 14.3 Å². The standard InChI is InChI=1S/C23H18ClN3O3S/c1-2-13-3-5-14(6-4-13)21(29)27-23(31)25-16-8-9-19(28)17(12-16)22-26-18-11-15(24)7-10-20(18)30-22/h3-12,28H,2H2,1H3,(H2,25,27,29,31). The molecule has 8 heteroatoms. The van der Waals surface area contributed by atoms with Crippen LogP contribution >= 0.6 is 23.8 Å². The van der Waals surface area contributed by atoms with Crippen molar-refractivity contribution in [3.05, 3.63) is 76.8 Å². The van der Waals surface area contributed by atoms with Crippen LogP contribution in [0.5, 0.6) is 5.75 Å². The molecule has 0 spiro atoms. The molecule has 0 saturated carbocycles. The van der Waals surface area contributed by atoms with Gasteiger partial charge in [0.05, 0.1) is 5.56 Å². The third kappa shape index (κ3) is 4.68. The number of aromatic nitrogens is 1. The van der Waals surface area contributed by atoms with Gasteiger partial charge >= 0.3 is 0 Å². The quantitative estimate of drug-likeness (QED) is 0.279. The zero-order valence-electron chi connectivity index (χ0n) is 16.5. The van der Waals surface area contributed by atoms with E-state index in [4.69, 9.17) is 28.2 Å². The number of phenolic OH excluding ortho intramolecular Hbond substituents is 1. The van der Waals surface area contributed by atoms with E-state index in [2.05, 4.69) is 22.5 Å². The number of carbonyl (C=O) groups is 1. The summed E-state index contributed by atoms with van der Waals surface area (Å²) in [4.78, 5) is 16.8. The molecule has 0 saturated heterocycles. The lowest BCUT2D eigenvalue weighted by Gasteiger charge is -2.11. The summed E-state index contributed by atoms with van der Waals surface area (Å²) in [5.41, 5.74) is 3.72. The maximum Gasteiger partial charge on any atom is 0.257 e. The van der Waals surface area contributed by atoms with Crippen molar-refractivity contribution in [3.8, 4) is 17.2 Å². The molecule has 156 valence electrons. The number of rotatable bonds is 4. The lowest BCUT2D eigenvalue weighted by atomic mass is 10.1. The van der Waals surface area contributed by atoms with Crippen LogP contribution in [0.2, 0.25) is 5.02 Å². The first-order valence-electron chi connectivity index (χ1n) is 9.53. The highest BCUT2D eigenvalue weighted by molar-refractivity contribution is 7.80. The smallest absolute Gasteiger partial charge is 0.257 e. The van der Waals surface area contributed by atoms with Crippen LogP contribution in [0, 0.1) is 0 Å². The summed E-state index contributed by atoms with van der Waals surface area (Å²) in [5, 5.41) is 16.5. The monoisotopic (exact) mass is 451 g/mol. The minimum Gasteiger partial charge on any atom is -0.507 e. The largest absolute Gasteiger partial charge is 0.507 e. The molecule has 4 aromatic rings. The van der Waals surface area contributed by atoms with Gasteiger partial charge in [0.15, 0.2) is 10.7 Å². The SMILES string of the molecule is CCc1ccc(C(=O)NC(=S)Nc2ccc(O)c(-c3nc4cc(Cl)ccc4o3)c2)cc1. The van der Waals surface area contributed by atoms with Gasteiger partial charge in [0.1, 0.15) is 11.3 Å². The minimum absolute atomic E-state index is 0.00540. The third-order valence-electron chi connectivity index (χ3n) is 4.69. The first-order valence-corrected chi connectivity index (χ1v) is 10.3. The van der Waals surface area contributed by atoms with Crippen LogP contribution in [0.1, 0.15) is 22.8 Å². The summed E-state index contributed by atoms with van der Waals surface area (Å²) in [6.45, 7) is 2.05. The van der Waals surface area contributed by atoms with Gasteiger partial charge in [-0.25, -0.2) is 4.98 Å². The first-order chi connectivity index (χ1) is 14.9. The fourth-order valence-corrected chi connectivity index (χ4v) is 3.41.